The van der Waals surface area contributed by atoms with Crippen molar-refractivity contribution in [3.63, 3.8) is 0 Å². The van der Waals surface area contributed by atoms with Crippen molar-refractivity contribution in [2.45, 2.75) is 70.9 Å². The lowest BCUT2D eigenvalue weighted by Gasteiger charge is -2.43. The van der Waals surface area contributed by atoms with Crippen LogP contribution in [0.1, 0.15) is 39.2 Å². The molecule has 17 heteroatoms. The molecular weight excluding hydrogens is 590 g/mol. The smallest absolute Gasteiger partial charge is 0.467 e. The van der Waals surface area contributed by atoms with Crippen LogP contribution in [-0.2, 0) is 68.6 Å². The van der Waals surface area contributed by atoms with Crippen LogP contribution in [-0.4, -0.2) is 84.7 Å². The number of methoxy groups -OCH3 is 1. The minimum atomic E-state index is -1.67. The number of hydrogen-bond acceptors (Lipinski definition) is 15. The number of amides is 2. The summed E-state index contributed by atoms with van der Waals surface area (Å²) in [5.74, 6) is -5.02. The van der Waals surface area contributed by atoms with Crippen LogP contribution in [0, 0.1) is 0 Å². The fraction of sp³-hybridized carbons (Fsp3) is 0.480. The minimum absolute atomic E-state index is 0.0692. The monoisotopic (exact) mass is 615 g/mol. The predicted octanol–water partition coefficient (Wildman–Crippen LogP) is 1.13. The number of nitrogens with zero attached hydrogens (tertiary/aromatic N) is 1. The lowest BCUT2D eigenvalue weighted by atomic mass is 9.97. The van der Waals surface area contributed by atoms with Gasteiger partial charge in [0.1, 0.15) is 12.4 Å². The van der Waals surface area contributed by atoms with Crippen molar-refractivity contribution in [2.24, 2.45) is 0 Å². The Morgan fingerprint density at radius 1 is 0.905 bits per heavy atom. The van der Waals surface area contributed by atoms with Gasteiger partial charge in [0, 0.05) is 33.6 Å². The molecule has 3 rings (SSSR count). The highest BCUT2D eigenvalue weighted by Crippen LogP contribution is 2.34. The first-order chi connectivity index (χ1) is 19.8. The van der Waals surface area contributed by atoms with E-state index in [-0.39, 0.29) is 30.2 Å². The van der Waals surface area contributed by atoms with Gasteiger partial charge < -0.3 is 33.2 Å². The molecule has 0 radical (unpaired) electrons. The molecule has 1 aromatic rings. The maximum Gasteiger partial charge on any atom is 0.534 e. The van der Waals surface area contributed by atoms with E-state index in [2.05, 4.69) is 4.84 Å². The lowest BCUT2D eigenvalue weighted by Crippen LogP contribution is -2.64. The lowest BCUT2D eigenvalue weighted by molar-refractivity contribution is -0.282. The molecule has 0 aliphatic carbocycles. The maximum absolute atomic E-state index is 12.5. The quantitative estimate of drug-likeness (QED) is 0.217. The van der Waals surface area contributed by atoms with E-state index in [0.29, 0.717) is 10.6 Å². The van der Waals surface area contributed by atoms with Crippen LogP contribution in [0.5, 0.6) is 5.75 Å². The molecule has 0 bridgehead atoms. The molecule has 0 saturated carbocycles. The Morgan fingerprint density at radius 2 is 1.48 bits per heavy atom. The van der Waals surface area contributed by atoms with Crippen LogP contribution in [0.4, 0.5) is 4.79 Å². The third-order valence-corrected chi connectivity index (χ3v) is 5.90. The van der Waals surface area contributed by atoms with Gasteiger partial charge in [-0.15, -0.1) is 0 Å². The van der Waals surface area contributed by atoms with Gasteiger partial charge in [0.05, 0.1) is 12.1 Å². The fourth-order valence-corrected chi connectivity index (χ4v) is 4.18. The molecule has 0 unspecified atom stereocenters. The SMILES string of the molecule is COC(=O)[C@H]1O[C@@H](Oc2ccc(COC(=O)ON3C(=O)CCC3=O)cc2Cl)[C@H](OC(C)=O)[C@@H](OC(C)=O)[C@@H]1OC(C)=O. The van der Waals surface area contributed by atoms with Crippen molar-refractivity contribution in [1.82, 2.24) is 5.06 Å². The number of hydrogen-bond donors (Lipinski definition) is 0. The number of ether oxygens (including phenoxy) is 7. The second-order valence-electron chi connectivity index (χ2n) is 8.76. The number of halogens is 1. The minimum Gasteiger partial charge on any atom is -0.467 e. The molecule has 5 atom stereocenters. The molecule has 228 valence electrons. The van der Waals surface area contributed by atoms with Crippen LogP contribution >= 0.6 is 11.6 Å². The number of carbonyl (C=O) groups is 7. The molecule has 2 aliphatic heterocycles. The summed E-state index contributed by atoms with van der Waals surface area (Å²) in [7, 11) is 1.04. The molecule has 2 amide bonds. The topological polar surface area (TPSA) is 197 Å². The highest BCUT2D eigenvalue weighted by molar-refractivity contribution is 6.32. The van der Waals surface area contributed by atoms with Crippen LogP contribution < -0.4 is 4.74 Å². The number of imide groups is 1. The van der Waals surface area contributed by atoms with Gasteiger partial charge in [-0.1, -0.05) is 22.7 Å². The summed E-state index contributed by atoms with van der Waals surface area (Å²) in [6.45, 7) is 2.76. The van der Waals surface area contributed by atoms with Crippen LogP contribution in [0.15, 0.2) is 18.2 Å². The van der Waals surface area contributed by atoms with E-state index in [4.69, 9.17) is 44.8 Å². The van der Waals surface area contributed by atoms with E-state index in [9.17, 15) is 33.6 Å². The molecular formula is C25H26ClNO15. The van der Waals surface area contributed by atoms with E-state index >= 15 is 0 Å². The molecule has 42 heavy (non-hydrogen) atoms. The Hall–Kier alpha value is -4.44. The number of hydroxylamine groups is 2. The van der Waals surface area contributed by atoms with Gasteiger partial charge in [-0.2, -0.15) is 0 Å². The van der Waals surface area contributed by atoms with Gasteiger partial charge >= 0.3 is 30.0 Å². The molecule has 1 aromatic carbocycles. The van der Waals surface area contributed by atoms with E-state index in [1.54, 1.807) is 0 Å². The highest BCUT2D eigenvalue weighted by atomic mass is 35.5. The van der Waals surface area contributed by atoms with Gasteiger partial charge in [0.15, 0.2) is 18.3 Å². The Bertz CT molecular complexity index is 1250. The molecule has 0 N–H and O–H groups in total. The van der Waals surface area contributed by atoms with Gasteiger partial charge in [0.25, 0.3) is 11.8 Å². The summed E-state index contributed by atoms with van der Waals surface area (Å²) in [6.07, 6.45) is -9.48. The van der Waals surface area contributed by atoms with Crippen molar-refractivity contribution in [3.05, 3.63) is 28.8 Å². The van der Waals surface area contributed by atoms with E-state index in [0.717, 1.165) is 27.9 Å². The number of carbonyl (C=O) groups excluding carboxylic acids is 7. The van der Waals surface area contributed by atoms with E-state index in [1.165, 1.54) is 18.2 Å². The Labute approximate surface area is 242 Å². The van der Waals surface area contributed by atoms with Crippen molar-refractivity contribution < 1.29 is 71.6 Å². The first-order valence-corrected chi connectivity index (χ1v) is 12.6. The first-order valence-electron chi connectivity index (χ1n) is 12.2. The number of esters is 4. The summed E-state index contributed by atoms with van der Waals surface area (Å²) < 4.78 is 36.9. The molecule has 0 spiro atoms. The van der Waals surface area contributed by atoms with Gasteiger partial charge in [-0.05, 0) is 17.7 Å². The largest absolute Gasteiger partial charge is 0.534 e. The van der Waals surface area contributed by atoms with Crippen LogP contribution in [0.3, 0.4) is 0 Å². The van der Waals surface area contributed by atoms with Gasteiger partial charge in [-0.25, -0.2) is 9.59 Å². The molecule has 0 aromatic heterocycles. The Morgan fingerprint density at radius 3 is 2.02 bits per heavy atom. The molecule has 16 nitrogen and oxygen atoms in total. The van der Waals surface area contributed by atoms with Gasteiger partial charge in [-0.3, -0.25) is 28.8 Å². The van der Waals surface area contributed by atoms with Crippen LogP contribution in [0.25, 0.3) is 0 Å². The van der Waals surface area contributed by atoms with Crippen molar-refractivity contribution in [2.75, 3.05) is 7.11 Å². The first kappa shape index (κ1) is 32.1. The molecule has 2 fully saturated rings. The zero-order valence-electron chi connectivity index (χ0n) is 22.7. The Balaban J connectivity index is 1.80. The van der Waals surface area contributed by atoms with Crippen molar-refractivity contribution >= 4 is 53.4 Å². The number of rotatable bonds is 9. The average molecular weight is 616 g/mol. The summed E-state index contributed by atoms with van der Waals surface area (Å²) in [5, 5.41) is 0.257. The third kappa shape index (κ3) is 8.07. The van der Waals surface area contributed by atoms with Crippen LogP contribution in [0.2, 0.25) is 5.02 Å². The van der Waals surface area contributed by atoms with E-state index in [1.807, 2.05) is 0 Å². The third-order valence-electron chi connectivity index (χ3n) is 5.60. The zero-order valence-corrected chi connectivity index (χ0v) is 23.4. The second kappa shape index (κ2) is 14.0. The molecule has 2 saturated heterocycles. The summed E-state index contributed by atoms with van der Waals surface area (Å²) >= 11 is 6.33. The Kier molecular flexibility index (Phi) is 10.7. The molecule has 2 aliphatic rings. The second-order valence-corrected chi connectivity index (χ2v) is 9.17. The number of benzene rings is 1. The van der Waals surface area contributed by atoms with Crippen molar-refractivity contribution in [1.29, 1.82) is 0 Å². The zero-order chi connectivity index (χ0) is 31.1. The summed E-state index contributed by atoms with van der Waals surface area (Å²) in [4.78, 5) is 87.8. The molecule has 2 heterocycles. The summed E-state index contributed by atoms with van der Waals surface area (Å²) in [5.41, 5.74) is 0.324. The van der Waals surface area contributed by atoms with Crippen molar-refractivity contribution in [3.8, 4) is 5.75 Å². The van der Waals surface area contributed by atoms with E-state index < -0.39 is 72.6 Å². The normalized spacial score (nSPS) is 23.5. The maximum atomic E-state index is 12.5. The predicted molar refractivity (Wildman–Crippen MR) is 132 cm³/mol. The fourth-order valence-electron chi connectivity index (χ4n) is 3.93. The van der Waals surface area contributed by atoms with Gasteiger partial charge in [0.2, 0.25) is 12.4 Å². The highest BCUT2D eigenvalue weighted by Gasteiger charge is 2.56. The standard InChI is InChI=1S/C25H26ClNO15/c1-11(28)37-19-20(38-12(2)29)22(39-13(3)30)24(41-21(19)23(33)35-4)40-16-6-5-14(9-15(16)26)10-36-25(34)42-27-17(31)7-8-18(27)32/h5-6,9,19-22,24H,7-8,10H2,1-4H3/t19-,20-,21-,22+,24+/m0/s1. The summed E-state index contributed by atoms with van der Waals surface area (Å²) in [6, 6.07) is 4.05. The average Bonchev–Trinajstić information content (AvgIpc) is 3.22.